The summed E-state index contributed by atoms with van der Waals surface area (Å²) in [4.78, 5) is 22.5. The Morgan fingerprint density at radius 3 is 2.58 bits per heavy atom. The van der Waals surface area contributed by atoms with Crippen molar-refractivity contribution in [2.45, 2.75) is 18.9 Å². The summed E-state index contributed by atoms with van der Waals surface area (Å²) in [5, 5.41) is 19.3. The molecule has 0 bridgehead atoms. The highest BCUT2D eigenvalue weighted by molar-refractivity contribution is 5.96. The number of rotatable bonds is 5. The third kappa shape index (κ3) is 4.03. The Hall–Kier alpha value is -2.49. The van der Waals surface area contributed by atoms with E-state index in [1.807, 2.05) is 0 Å². The Morgan fingerprint density at radius 1 is 1.37 bits per heavy atom. The second-order valence-electron chi connectivity index (χ2n) is 3.69. The van der Waals surface area contributed by atoms with Crippen molar-refractivity contribution >= 4 is 11.9 Å². The molecule has 1 atom stereocenters. The number of carbonyl (C=O) groups excluding carboxylic acids is 1. The van der Waals surface area contributed by atoms with E-state index < -0.39 is 29.6 Å². The third-order valence-electron chi connectivity index (χ3n) is 2.33. The summed E-state index contributed by atoms with van der Waals surface area (Å²) in [7, 11) is 0. The zero-order valence-corrected chi connectivity index (χ0v) is 9.69. The molecule has 5 nitrogen and oxygen atoms in total. The van der Waals surface area contributed by atoms with Crippen molar-refractivity contribution in [2.75, 3.05) is 0 Å². The predicted molar refractivity (Wildman–Crippen MR) is 60.1 cm³/mol. The van der Waals surface area contributed by atoms with E-state index in [0.717, 1.165) is 12.1 Å². The topological polar surface area (TPSA) is 90.2 Å². The lowest BCUT2D eigenvalue weighted by Gasteiger charge is -2.13. The third-order valence-corrected chi connectivity index (χ3v) is 2.33. The largest absolute Gasteiger partial charge is 0.480 e. The summed E-state index contributed by atoms with van der Waals surface area (Å²) in [5.41, 5.74) is -0.192. The minimum atomic E-state index is -1.30. The van der Waals surface area contributed by atoms with Gasteiger partial charge in [-0.25, -0.2) is 13.6 Å². The van der Waals surface area contributed by atoms with Gasteiger partial charge in [0.15, 0.2) is 11.6 Å². The molecule has 0 spiro atoms. The number of carbonyl (C=O) groups is 2. The second kappa shape index (κ2) is 6.44. The number of nitrogens with one attached hydrogen (secondary N) is 1. The fourth-order valence-electron chi connectivity index (χ4n) is 1.35. The highest BCUT2D eigenvalue weighted by Gasteiger charge is 2.20. The van der Waals surface area contributed by atoms with Crippen LogP contribution in [0.5, 0.6) is 0 Å². The van der Waals surface area contributed by atoms with Crippen LogP contribution < -0.4 is 5.32 Å². The van der Waals surface area contributed by atoms with Gasteiger partial charge >= 0.3 is 5.97 Å². The zero-order chi connectivity index (χ0) is 14.4. The van der Waals surface area contributed by atoms with Crippen LogP contribution in [-0.4, -0.2) is 23.0 Å². The molecule has 0 heterocycles. The number of hydrogen-bond acceptors (Lipinski definition) is 3. The van der Waals surface area contributed by atoms with Crippen LogP contribution in [0.2, 0.25) is 0 Å². The number of nitrogens with zero attached hydrogens (tertiary/aromatic N) is 1. The van der Waals surface area contributed by atoms with E-state index in [0.29, 0.717) is 6.07 Å². The van der Waals surface area contributed by atoms with Crippen molar-refractivity contribution in [2.24, 2.45) is 0 Å². The maximum absolute atomic E-state index is 12.9. The lowest BCUT2D eigenvalue weighted by atomic mass is 10.1. The highest BCUT2D eigenvalue weighted by Crippen LogP contribution is 2.09. The molecule has 0 saturated carbocycles. The molecule has 0 aliphatic carbocycles. The lowest BCUT2D eigenvalue weighted by Crippen LogP contribution is -2.40. The summed E-state index contributed by atoms with van der Waals surface area (Å²) in [6.07, 6.45) is -0.115. The number of benzene rings is 1. The van der Waals surface area contributed by atoms with Crippen molar-refractivity contribution in [1.82, 2.24) is 5.32 Å². The molecule has 1 aromatic carbocycles. The van der Waals surface area contributed by atoms with E-state index in [2.05, 4.69) is 5.32 Å². The average molecular weight is 268 g/mol. The maximum atomic E-state index is 12.9. The van der Waals surface area contributed by atoms with E-state index in [1.54, 1.807) is 6.07 Å². The van der Waals surface area contributed by atoms with Crippen LogP contribution in [0, 0.1) is 23.0 Å². The summed E-state index contributed by atoms with van der Waals surface area (Å²) >= 11 is 0. The van der Waals surface area contributed by atoms with Crippen LogP contribution in [0.3, 0.4) is 0 Å². The van der Waals surface area contributed by atoms with Crippen molar-refractivity contribution < 1.29 is 23.5 Å². The van der Waals surface area contributed by atoms with E-state index in [4.69, 9.17) is 10.4 Å². The van der Waals surface area contributed by atoms with Crippen LogP contribution in [0.15, 0.2) is 18.2 Å². The van der Waals surface area contributed by atoms with E-state index in [9.17, 15) is 18.4 Å². The minimum Gasteiger partial charge on any atom is -0.480 e. The molecule has 0 aliphatic rings. The van der Waals surface area contributed by atoms with Gasteiger partial charge in [-0.3, -0.25) is 4.79 Å². The van der Waals surface area contributed by atoms with Gasteiger partial charge in [0.1, 0.15) is 6.04 Å². The Labute approximate surface area is 107 Å². The molecule has 1 aromatic rings. The summed E-state index contributed by atoms with van der Waals surface area (Å²) in [5.74, 6) is -4.44. The van der Waals surface area contributed by atoms with Crippen molar-refractivity contribution in [3.05, 3.63) is 35.4 Å². The molecular weight excluding hydrogens is 258 g/mol. The Morgan fingerprint density at radius 2 is 2.05 bits per heavy atom. The monoisotopic (exact) mass is 268 g/mol. The Balaban J connectivity index is 2.79. The molecule has 0 saturated heterocycles. The first kappa shape index (κ1) is 14.6. The maximum Gasteiger partial charge on any atom is 0.326 e. The van der Waals surface area contributed by atoms with E-state index in [-0.39, 0.29) is 18.4 Å². The number of halogens is 2. The smallest absolute Gasteiger partial charge is 0.326 e. The molecule has 7 heteroatoms. The number of carboxylic acid groups (broad SMARTS) is 1. The van der Waals surface area contributed by atoms with Gasteiger partial charge < -0.3 is 10.4 Å². The van der Waals surface area contributed by atoms with Gasteiger partial charge in [-0.2, -0.15) is 5.26 Å². The molecule has 0 fully saturated rings. The quantitative estimate of drug-likeness (QED) is 0.845. The van der Waals surface area contributed by atoms with Gasteiger partial charge in [-0.1, -0.05) is 0 Å². The Bertz CT molecular complexity index is 540. The number of hydrogen-bond donors (Lipinski definition) is 2. The SMILES string of the molecule is N#CCC[C@@H](NC(=O)c1ccc(F)c(F)c1)C(=O)O. The van der Waals surface area contributed by atoms with Crippen molar-refractivity contribution in [3.63, 3.8) is 0 Å². The van der Waals surface area contributed by atoms with Crippen molar-refractivity contribution in [1.29, 1.82) is 5.26 Å². The number of carboxylic acids is 1. The first-order valence-corrected chi connectivity index (χ1v) is 5.31. The highest BCUT2D eigenvalue weighted by atomic mass is 19.2. The molecule has 1 amide bonds. The van der Waals surface area contributed by atoms with E-state index >= 15 is 0 Å². The molecular formula is C12H10F2N2O3. The Kier molecular flexibility index (Phi) is 4.94. The fraction of sp³-hybridized carbons (Fsp3) is 0.250. The van der Waals surface area contributed by atoms with Crippen molar-refractivity contribution in [3.8, 4) is 6.07 Å². The number of nitriles is 1. The van der Waals surface area contributed by atoms with Gasteiger partial charge in [0.2, 0.25) is 0 Å². The first-order valence-electron chi connectivity index (χ1n) is 5.31. The molecule has 19 heavy (non-hydrogen) atoms. The van der Waals surface area contributed by atoms with Gasteiger partial charge in [-0.15, -0.1) is 0 Å². The van der Waals surface area contributed by atoms with E-state index in [1.165, 1.54) is 0 Å². The fourth-order valence-corrected chi connectivity index (χ4v) is 1.35. The van der Waals surface area contributed by atoms with Crippen LogP contribution >= 0.6 is 0 Å². The molecule has 1 rings (SSSR count). The van der Waals surface area contributed by atoms with Gasteiger partial charge in [0, 0.05) is 12.0 Å². The normalized spacial score (nSPS) is 11.4. The molecule has 0 unspecified atom stereocenters. The average Bonchev–Trinajstić information content (AvgIpc) is 2.37. The molecule has 0 radical (unpaired) electrons. The standard InChI is InChI=1S/C12H10F2N2O3/c13-8-4-3-7(6-9(8)14)11(17)16-10(12(18)19)2-1-5-15/h3-4,6,10H,1-2H2,(H,16,17)(H,18,19)/t10-/m1/s1. The van der Waals surface area contributed by atoms with Gasteiger partial charge in [0.25, 0.3) is 5.91 Å². The zero-order valence-electron chi connectivity index (χ0n) is 9.69. The molecule has 2 N–H and O–H groups in total. The summed E-state index contributed by atoms with van der Waals surface area (Å²) in [6.45, 7) is 0. The molecule has 100 valence electrons. The predicted octanol–water partition coefficient (Wildman–Crippen LogP) is 1.45. The van der Waals surface area contributed by atoms with Gasteiger partial charge in [-0.05, 0) is 24.6 Å². The first-order chi connectivity index (χ1) is 8.95. The minimum absolute atomic E-state index is 0.0466. The van der Waals surface area contributed by atoms with Crippen LogP contribution in [-0.2, 0) is 4.79 Å². The summed E-state index contributed by atoms with van der Waals surface area (Å²) in [6, 6.07) is 2.99. The number of aliphatic carboxylic acids is 1. The molecule has 0 aliphatic heterocycles. The summed E-state index contributed by atoms with van der Waals surface area (Å²) < 4.78 is 25.6. The van der Waals surface area contributed by atoms with Gasteiger partial charge in [0.05, 0.1) is 6.07 Å². The van der Waals surface area contributed by atoms with Crippen LogP contribution in [0.25, 0.3) is 0 Å². The second-order valence-corrected chi connectivity index (χ2v) is 3.69. The van der Waals surface area contributed by atoms with Crippen LogP contribution in [0.4, 0.5) is 8.78 Å². The number of amides is 1. The molecule has 0 aromatic heterocycles. The lowest BCUT2D eigenvalue weighted by molar-refractivity contribution is -0.139. The van der Waals surface area contributed by atoms with Crippen LogP contribution in [0.1, 0.15) is 23.2 Å².